The molecule has 0 unspecified atom stereocenters. The van der Waals surface area contributed by atoms with Crippen LogP contribution in [0, 0.1) is 0 Å². The Hall–Kier alpha value is -2.06. The molecule has 0 fully saturated rings. The molecular formula is C16H18BrClN4O3. The monoisotopic (exact) mass is 428 g/mol. The van der Waals surface area contributed by atoms with E-state index in [9.17, 15) is 4.79 Å². The molecular weight excluding hydrogens is 412 g/mol. The standard InChI is InChI=1S/C16H18BrClN4O3/c1-9(2)25-15-11(17)5-10(6-13(15)24-4)7-19-21-12-8-20-22(3)16(23)14(12)18/h5-9,21H,1-4H3/b19-7-. The van der Waals surface area contributed by atoms with Gasteiger partial charge in [-0.2, -0.15) is 10.2 Å². The highest BCUT2D eigenvalue weighted by Gasteiger charge is 2.12. The summed E-state index contributed by atoms with van der Waals surface area (Å²) in [5, 5.41) is 7.99. The maximum Gasteiger partial charge on any atom is 0.287 e. The zero-order chi connectivity index (χ0) is 18.6. The van der Waals surface area contributed by atoms with E-state index >= 15 is 0 Å². The van der Waals surface area contributed by atoms with Gasteiger partial charge in [-0.1, -0.05) is 11.6 Å². The highest BCUT2D eigenvalue weighted by molar-refractivity contribution is 9.10. The largest absolute Gasteiger partial charge is 0.493 e. The number of methoxy groups -OCH3 is 1. The molecule has 2 aromatic rings. The van der Waals surface area contributed by atoms with Gasteiger partial charge in [0.1, 0.15) is 10.7 Å². The lowest BCUT2D eigenvalue weighted by Gasteiger charge is -2.15. The van der Waals surface area contributed by atoms with Gasteiger partial charge in [0.2, 0.25) is 0 Å². The SMILES string of the molecule is COc1cc(/C=N\Nc2cnn(C)c(=O)c2Cl)cc(Br)c1OC(C)C. The number of anilines is 1. The average molecular weight is 430 g/mol. The molecule has 1 aromatic carbocycles. The second-order valence-electron chi connectivity index (χ2n) is 5.37. The Morgan fingerprint density at radius 1 is 1.44 bits per heavy atom. The van der Waals surface area contributed by atoms with Crippen LogP contribution in [-0.4, -0.2) is 29.2 Å². The molecule has 7 nitrogen and oxygen atoms in total. The molecule has 2 rings (SSSR count). The fourth-order valence-electron chi connectivity index (χ4n) is 1.93. The van der Waals surface area contributed by atoms with Gasteiger partial charge in [-0.3, -0.25) is 10.2 Å². The van der Waals surface area contributed by atoms with E-state index in [1.807, 2.05) is 19.9 Å². The first kappa shape index (κ1) is 19.3. The summed E-state index contributed by atoms with van der Waals surface area (Å²) in [6, 6.07) is 3.63. The van der Waals surface area contributed by atoms with Crippen LogP contribution in [0.5, 0.6) is 11.5 Å². The van der Waals surface area contributed by atoms with Crippen LogP contribution in [-0.2, 0) is 7.05 Å². The van der Waals surface area contributed by atoms with Crippen LogP contribution in [0.2, 0.25) is 5.02 Å². The maximum atomic E-state index is 11.7. The predicted octanol–water partition coefficient (Wildman–Crippen LogP) is 3.44. The van der Waals surface area contributed by atoms with Crippen molar-refractivity contribution in [3.8, 4) is 11.5 Å². The molecule has 0 bridgehead atoms. The number of hydrogen-bond donors (Lipinski definition) is 1. The topological polar surface area (TPSA) is 77.7 Å². The van der Waals surface area contributed by atoms with Gasteiger partial charge >= 0.3 is 0 Å². The van der Waals surface area contributed by atoms with Crippen LogP contribution < -0.4 is 20.5 Å². The zero-order valence-electron chi connectivity index (χ0n) is 14.2. The van der Waals surface area contributed by atoms with Crippen LogP contribution in [0.25, 0.3) is 0 Å². The first-order chi connectivity index (χ1) is 11.8. The summed E-state index contributed by atoms with van der Waals surface area (Å²) >= 11 is 9.44. The van der Waals surface area contributed by atoms with Crippen LogP contribution in [0.3, 0.4) is 0 Å². The lowest BCUT2D eigenvalue weighted by molar-refractivity contribution is 0.228. The van der Waals surface area contributed by atoms with Crippen molar-refractivity contribution in [2.24, 2.45) is 12.1 Å². The Bertz CT molecular complexity index is 852. The van der Waals surface area contributed by atoms with Crippen molar-refractivity contribution in [1.82, 2.24) is 9.78 Å². The van der Waals surface area contributed by atoms with Gasteiger partial charge in [-0.05, 0) is 47.5 Å². The van der Waals surface area contributed by atoms with Crippen molar-refractivity contribution in [3.63, 3.8) is 0 Å². The molecule has 0 radical (unpaired) electrons. The van der Waals surface area contributed by atoms with Crippen molar-refractivity contribution in [2.75, 3.05) is 12.5 Å². The minimum Gasteiger partial charge on any atom is -0.493 e. The summed E-state index contributed by atoms with van der Waals surface area (Å²) in [4.78, 5) is 11.7. The van der Waals surface area contributed by atoms with Gasteiger partial charge in [-0.25, -0.2) is 4.68 Å². The summed E-state index contributed by atoms with van der Waals surface area (Å²) in [5.41, 5.74) is 3.40. The second kappa shape index (κ2) is 8.35. The summed E-state index contributed by atoms with van der Waals surface area (Å²) in [5.74, 6) is 1.21. The number of nitrogens with one attached hydrogen (secondary N) is 1. The van der Waals surface area contributed by atoms with E-state index in [0.29, 0.717) is 17.2 Å². The third-order valence-electron chi connectivity index (χ3n) is 3.08. The van der Waals surface area contributed by atoms with Crippen molar-refractivity contribution in [2.45, 2.75) is 20.0 Å². The van der Waals surface area contributed by atoms with Gasteiger partial charge in [0.05, 0.1) is 30.1 Å². The van der Waals surface area contributed by atoms with Crippen LogP contribution in [0.4, 0.5) is 5.69 Å². The number of benzene rings is 1. The van der Waals surface area contributed by atoms with Crippen LogP contribution >= 0.6 is 27.5 Å². The quantitative estimate of drug-likeness (QED) is 0.562. The Morgan fingerprint density at radius 3 is 2.80 bits per heavy atom. The molecule has 1 N–H and O–H groups in total. The van der Waals surface area contributed by atoms with Gasteiger partial charge in [0, 0.05) is 7.05 Å². The van der Waals surface area contributed by atoms with Crippen molar-refractivity contribution < 1.29 is 9.47 Å². The molecule has 0 aliphatic rings. The molecule has 0 saturated heterocycles. The summed E-state index contributed by atoms with van der Waals surface area (Å²) < 4.78 is 13.0. The Kier molecular flexibility index (Phi) is 6.44. The van der Waals surface area contributed by atoms with Crippen molar-refractivity contribution in [1.29, 1.82) is 0 Å². The number of rotatable bonds is 6. The molecule has 0 aliphatic carbocycles. The third kappa shape index (κ3) is 4.73. The molecule has 0 spiro atoms. The average Bonchev–Trinajstić information content (AvgIpc) is 2.56. The van der Waals surface area contributed by atoms with E-state index in [0.717, 1.165) is 14.7 Å². The zero-order valence-corrected chi connectivity index (χ0v) is 16.6. The fraction of sp³-hybridized carbons (Fsp3) is 0.312. The number of ether oxygens (including phenoxy) is 2. The summed E-state index contributed by atoms with van der Waals surface area (Å²) in [7, 11) is 3.09. The van der Waals surface area contributed by atoms with E-state index in [-0.39, 0.29) is 11.1 Å². The molecule has 134 valence electrons. The van der Waals surface area contributed by atoms with Crippen molar-refractivity contribution in [3.05, 3.63) is 43.7 Å². The van der Waals surface area contributed by atoms with E-state index < -0.39 is 5.56 Å². The number of hydrogen-bond acceptors (Lipinski definition) is 6. The van der Waals surface area contributed by atoms with Crippen molar-refractivity contribution >= 4 is 39.4 Å². The molecule has 25 heavy (non-hydrogen) atoms. The third-order valence-corrected chi connectivity index (χ3v) is 4.04. The van der Waals surface area contributed by atoms with Gasteiger partial charge in [0.15, 0.2) is 11.5 Å². The minimum absolute atomic E-state index is 0.0155. The molecule has 0 saturated carbocycles. The van der Waals surface area contributed by atoms with Gasteiger partial charge in [-0.15, -0.1) is 0 Å². The summed E-state index contributed by atoms with van der Waals surface area (Å²) in [6.07, 6.45) is 3.01. The van der Waals surface area contributed by atoms with Gasteiger partial charge < -0.3 is 9.47 Å². The predicted molar refractivity (Wildman–Crippen MR) is 102 cm³/mol. The van der Waals surface area contributed by atoms with E-state index in [1.165, 1.54) is 13.2 Å². The second-order valence-corrected chi connectivity index (χ2v) is 6.60. The minimum atomic E-state index is -0.401. The first-order valence-electron chi connectivity index (χ1n) is 7.38. The highest BCUT2D eigenvalue weighted by Crippen LogP contribution is 2.37. The lowest BCUT2D eigenvalue weighted by atomic mass is 10.2. The number of aryl methyl sites for hydroxylation is 1. The Morgan fingerprint density at radius 2 is 2.16 bits per heavy atom. The smallest absolute Gasteiger partial charge is 0.287 e. The first-order valence-corrected chi connectivity index (χ1v) is 8.55. The molecule has 0 aliphatic heterocycles. The maximum absolute atomic E-state index is 11.7. The van der Waals surface area contributed by atoms with E-state index in [4.69, 9.17) is 21.1 Å². The number of halogens is 2. The molecule has 0 amide bonds. The molecule has 9 heteroatoms. The van der Waals surface area contributed by atoms with Crippen LogP contribution in [0.1, 0.15) is 19.4 Å². The Balaban J connectivity index is 2.23. The lowest BCUT2D eigenvalue weighted by Crippen LogP contribution is -2.20. The van der Waals surface area contributed by atoms with E-state index in [1.54, 1.807) is 19.4 Å². The molecule has 1 aromatic heterocycles. The number of hydrazone groups is 1. The molecule has 1 heterocycles. The highest BCUT2D eigenvalue weighted by atomic mass is 79.9. The normalized spacial score (nSPS) is 11.2. The summed E-state index contributed by atoms with van der Waals surface area (Å²) in [6.45, 7) is 3.88. The van der Waals surface area contributed by atoms with E-state index in [2.05, 4.69) is 31.6 Å². The number of aromatic nitrogens is 2. The molecule has 0 atom stereocenters. The van der Waals surface area contributed by atoms with Crippen LogP contribution in [0.15, 0.2) is 32.7 Å². The van der Waals surface area contributed by atoms with Gasteiger partial charge in [0.25, 0.3) is 5.56 Å². The Labute approximate surface area is 158 Å². The number of nitrogens with zero attached hydrogens (tertiary/aromatic N) is 3. The fourth-order valence-corrected chi connectivity index (χ4v) is 2.70.